The maximum atomic E-state index is 8.79. The zero-order valence-electron chi connectivity index (χ0n) is 11.1. The second-order valence-electron chi connectivity index (χ2n) is 4.65. The first-order valence-electron chi connectivity index (χ1n) is 5.84. The van der Waals surface area contributed by atoms with Crippen molar-refractivity contribution in [3.63, 3.8) is 0 Å². The number of aliphatic imine (C=N–C) groups is 1. The summed E-state index contributed by atoms with van der Waals surface area (Å²) in [4.78, 5) is 4.51. The Kier molecular flexibility index (Phi) is 5.83. The summed E-state index contributed by atoms with van der Waals surface area (Å²) in [6, 6.07) is 5.77. The highest BCUT2D eigenvalue weighted by Crippen LogP contribution is 2.23. The van der Waals surface area contributed by atoms with Crippen LogP contribution in [0, 0.1) is 11.5 Å². The Bertz CT molecular complexity index is 498. The molecule has 0 aliphatic heterocycles. The number of anilines is 1. The summed E-state index contributed by atoms with van der Waals surface area (Å²) >= 11 is 6.84. The number of nitriles is 1. The highest BCUT2D eigenvalue weighted by molar-refractivity contribution is 9.11. The van der Waals surface area contributed by atoms with E-state index in [0.717, 1.165) is 21.1 Å². The molecule has 1 aromatic rings. The molecule has 2 N–H and O–H groups in total. The van der Waals surface area contributed by atoms with Crippen molar-refractivity contribution in [2.45, 2.75) is 32.7 Å². The minimum Gasteiger partial charge on any atom is -0.325 e. The fourth-order valence-electron chi connectivity index (χ4n) is 1.28. The van der Waals surface area contributed by atoms with Gasteiger partial charge in [-0.1, -0.05) is 38.8 Å². The van der Waals surface area contributed by atoms with Gasteiger partial charge in [-0.2, -0.15) is 5.26 Å². The third-order valence-corrected chi connectivity index (χ3v) is 3.49. The molecule has 0 saturated heterocycles. The third kappa shape index (κ3) is 5.62. The van der Waals surface area contributed by atoms with Crippen molar-refractivity contribution in [3.05, 3.63) is 27.1 Å². The zero-order valence-corrected chi connectivity index (χ0v) is 14.3. The van der Waals surface area contributed by atoms with Gasteiger partial charge in [0.05, 0.1) is 5.54 Å². The summed E-state index contributed by atoms with van der Waals surface area (Å²) in [6.07, 6.45) is 2.78. The third-order valence-electron chi connectivity index (χ3n) is 2.58. The molecule has 19 heavy (non-hydrogen) atoms. The molecule has 0 amide bonds. The van der Waals surface area contributed by atoms with Crippen molar-refractivity contribution in [2.75, 3.05) is 5.32 Å². The summed E-state index contributed by atoms with van der Waals surface area (Å²) < 4.78 is 1.88. The van der Waals surface area contributed by atoms with E-state index < -0.39 is 0 Å². The number of hydrogen-bond acceptors (Lipinski definition) is 2. The largest absolute Gasteiger partial charge is 0.325 e. The molecule has 102 valence electrons. The molecule has 4 nitrogen and oxygen atoms in total. The number of hydrogen-bond donors (Lipinski definition) is 2. The summed E-state index contributed by atoms with van der Waals surface area (Å²) in [5.41, 5.74) is 0.616. The van der Waals surface area contributed by atoms with E-state index in [-0.39, 0.29) is 5.54 Å². The molecule has 0 aliphatic carbocycles. The second-order valence-corrected chi connectivity index (χ2v) is 6.48. The molecule has 0 saturated carbocycles. The number of nitrogens with one attached hydrogen (secondary N) is 2. The Hall–Kier alpha value is -1.06. The van der Waals surface area contributed by atoms with Crippen molar-refractivity contribution in [2.24, 2.45) is 4.99 Å². The van der Waals surface area contributed by atoms with Crippen LogP contribution in [0.3, 0.4) is 0 Å². The van der Waals surface area contributed by atoms with Crippen molar-refractivity contribution in [1.29, 1.82) is 5.26 Å². The van der Waals surface area contributed by atoms with E-state index >= 15 is 0 Å². The van der Waals surface area contributed by atoms with Gasteiger partial charge in [0.25, 0.3) is 0 Å². The molecule has 0 heterocycles. The second kappa shape index (κ2) is 6.92. The summed E-state index contributed by atoms with van der Waals surface area (Å²) in [5.74, 6) is 0.444. The predicted molar refractivity (Wildman–Crippen MR) is 86.0 cm³/mol. The normalized spacial score (nSPS) is 11.9. The number of halogens is 2. The van der Waals surface area contributed by atoms with E-state index in [9.17, 15) is 0 Å². The predicted octanol–water partition coefficient (Wildman–Crippen LogP) is 4.24. The lowest BCUT2D eigenvalue weighted by Gasteiger charge is -2.19. The van der Waals surface area contributed by atoms with Gasteiger partial charge in [0.1, 0.15) is 0 Å². The molecule has 0 fully saturated rings. The van der Waals surface area contributed by atoms with Gasteiger partial charge >= 0.3 is 0 Å². The van der Waals surface area contributed by atoms with E-state index in [1.54, 1.807) is 0 Å². The minimum absolute atomic E-state index is 0.227. The SMILES string of the molecule is CCC(C)(C)N=C(NC#N)Nc1cc(Br)cc(Br)c1. The molecule has 0 spiro atoms. The van der Waals surface area contributed by atoms with Crippen molar-refractivity contribution < 1.29 is 0 Å². The average molecular weight is 388 g/mol. The summed E-state index contributed by atoms with van der Waals surface area (Å²) in [5, 5.41) is 14.5. The van der Waals surface area contributed by atoms with Gasteiger partial charge in [0.2, 0.25) is 5.96 Å². The first-order chi connectivity index (χ1) is 8.86. The van der Waals surface area contributed by atoms with Crippen LogP contribution < -0.4 is 10.6 Å². The van der Waals surface area contributed by atoms with E-state index in [2.05, 4.69) is 54.4 Å². The van der Waals surface area contributed by atoms with Crippen LogP contribution in [-0.2, 0) is 0 Å². The fourth-order valence-corrected chi connectivity index (χ4v) is 2.58. The number of guanidine groups is 1. The monoisotopic (exact) mass is 386 g/mol. The molecule has 0 aromatic heterocycles. The Morgan fingerprint density at radius 2 is 1.89 bits per heavy atom. The topological polar surface area (TPSA) is 60.2 Å². The van der Waals surface area contributed by atoms with Crippen LogP contribution in [0.15, 0.2) is 32.1 Å². The lowest BCUT2D eigenvalue weighted by Crippen LogP contribution is -2.31. The van der Waals surface area contributed by atoms with Crippen LogP contribution in [0.25, 0.3) is 0 Å². The van der Waals surface area contributed by atoms with Crippen LogP contribution in [0.2, 0.25) is 0 Å². The molecule has 1 aromatic carbocycles. The maximum Gasteiger partial charge on any atom is 0.209 e. The summed E-state index contributed by atoms with van der Waals surface area (Å²) in [6.45, 7) is 6.10. The summed E-state index contributed by atoms with van der Waals surface area (Å²) in [7, 11) is 0. The van der Waals surface area contributed by atoms with Crippen molar-refractivity contribution in [1.82, 2.24) is 5.32 Å². The standard InChI is InChI=1S/C13H16Br2N4/c1-4-13(2,3)19-12(17-8-16)18-11-6-9(14)5-10(15)7-11/h5-7H,4H2,1-3H3,(H2,17,18,19). The van der Waals surface area contributed by atoms with Gasteiger partial charge in [-0.3, -0.25) is 5.32 Å². The molecule has 0 atom stereocenters. The van der Waals surface area contributed by atoms with Gasteiger partial charge in [0.15, 0.2) is 6.19 Å². The lowest BCUT2D eigenvalue weighted by molar-refractivity contribution is 0.503. The van der Waals surface area contributed by atoms with Gasteiger partial charge < -0.3 is 5.32 Å². The molecular formula is C13H16Br2N4. The van der Waals surface area contributed by atoms with Crippen LogP contribution in [0.1, 0.15) is 27.2 Å². The van der Waals surface area contributed by atoms with E-state index in [4.69, 9.17) is 5.26 Å². The molecular weight excluding hydrogens is 372 g/mol. The van der Waals surface area contributed by atoms with Gasteiger partial charge in [-0.25, -0.2) is 4.99 Å². The average Bonchev–Trinajstić information content (AvgIpc) is 2.27. The minimum atomic E-state index is -0.227. The van der Waals surface area contributed by atoms with Crippen LogP contribution >= 0.6 is 31.9 Å². The van der Waals surface area contributed by atoms with Crippen LogP contribution in [-0.4, -0.2) is 11.5 Å². The number of rotatable bonds is 3. The van der Waals surface area contributed by atoms with E-state index in [1.807, 2.05) is 38.2 Å². The lowest BCUT2D eigenvalue weighted by atomic mass is 10.0. The van der Waals surface area contributed by atoms with Gasteiger partial charge in [0, 0.05) is 14.6 Å². The van der Waals surface area contributed by atoms with E-state index in [0.29, 0.717) is 5.96 Å². The first-order valence-corrected chi connectivity index (χ1v) is 7.43. The quantitative estimate of drug-likeness (QED) is 0.353. The maximum absolute atomic E-state index is 8.79. The highest BCUT2D eigenvalue weighted by Gasteiger charge is 2.14. The molecule has 1 rings (SSSR count). The highest BCUT2D eigenvalue weighted by atomic mass is 79.9. The van der Waals surface area contributed by atoms with Crippen molar-refractivity contribution >= 4 is 43.5 Å². The fraction of sp³-hybridized carbons (Fsp3) is 0.385. The van der Waals surface area contributed by atoms with Crippen LogP contribution in [0.4, 0.5) is 5.69 Å². The Morgan fingerprint density at radius 1 is 1.32 bits per heavy atom. The Balaban J connectivity index is 2.99. The molecule has 0 radical (unpaired) electrons. The molecule has 0 unspecified atom stereocenters. The van der Waals surface area contributed by atoms with E-state index in [1.165, 1.54) is 0 Å². The Morgan fingerprint density at radius 3 is 2.37 bits per heavy atom. The Labute approximate surface area is 130 Å². The number of benzene rings is 1. The van der Waals surface area contributed by atoms with Gasteiger partial charge in [-0.05, 0) is 38.5 Å². The van der Waals surface area contributed by atoms with Crippen LogP contribution in [0.5, 0.6) is 0 Å². The first kappa shape index (κ1) is 16.0. The molecule has 6 heteroatoms. The number of nitrogens with zero attached hydrogens (tertiary/aromatic N) is 2. The smallest absolute Gasteiger partial charge is 0.209 e. The zero-order chi connectivity index (χ0) is 14.5. The van der Waals surface area contributed by atoms with Gasteiger partial charge in [-0.15, -0.1) is 0 Å². The van der Waals surface area contributed by atoms with Crippen molar-refractivity contribution in [3.8, 4) is 6.19 Å². The molecule has 0 bridgehead atoms. The molecule has 0 aliphatic rings.